The van der Waals surface area contributed by atoms with Crippen molar-refractivity contribution in [3.8, 4) is 5.75 Å². The highest BCUT2D eigenvalue weighted by atomic mass is 19.4. The molecule has 0 bridgehead atoms. The van der Waals surface area contributed by atoms with Crippen molar-refractivity contribution >= 4 is 6.03 Å². The Bertz CT molecular complexity index is 883. The fourth-order valence-electron chi connectivity index (χ4n) is 3.74. The molecule has 2 amide bonds. The van der Waals surface area contributed by atoms with Gasteiger partial charge in [0.25, 0.3) is 0 Å². The van der Waals surface area contributed by atoms with Gasteiger partial charge in [-0.05, 0) is 49.2 Å². The summed E-state index contributed by atoms with van der Waals surface area (Å²) in [6.07, 6.45) is -1.61. The number of amides is 2. The average Bonchev–Trinajstić information content (AvgIpc) is 2.81. The zero-order valence-electron chi connectivity index (χ0n) is 18.4. The summed E-state index contributed by atoms with van der Waals surface area (Å²) >= 11 is 0. The summed E-state index contributed by atoms with van der Waals surface area (Å²) in [5.74, 6) is -0.331. The van der Waals surface area contributed by atoms with E-state index in [9.17, 15) is 22.4 Å². The maximum atomic E-state index is 13.2. The standard InChI is InChI=1S/C23H28F4N4O2/c1-2-30-11-9-20(10-12-30)31(15-19-6-5-18(24)14-28-19)22(32)29-13-17-3-7-21(8-4-17)33-16-23(25,26)27/h3-8,14,20H,2,9-13,15-16H2,1H3,(H,29,32). The van der Waals surface area contributed by atoms with E-state index in [2.05, 4.69) is 22.1 Å². The highest BCUT2D eigenvalue weighted by molar-refractivity contribution is 5.74. The number of nitrogens with zero attached hydrogens (tertiary/aromatic N) is 3. The van der Waals surface area contributed by atoms with E-state index in [-0.39, 0.29) is 30.9 Å². The number of carbonyl (C=O) groups excluding carboxylic acids is 1. The van der Waals surface area contributed by atoms with Crippen LogP contribution in [0.15, 0.2) is 42.6 Å². The van der Waals surface area contributed by atoms with Gasteiger partial charge in [0.05, 0.1) is 18.4 Å². The van der Waals surface area contributed by atoms with Crippen LogP contribution >= 0.6 is 0 Å². The van der Waals surface area contributed by atoms with Crippen LogP contribution in [-0.4, -0.2) is 59.3 Å². The molecular formula is C23H28F4N4O2. The smallest absolute Gasteiger partial charge is 0.422 e. The molecule has 0 atom stereocenters. The molecule has 1 aromatic carbocycles. The molecule has 0 spiro atoms. The molecule has 0 radical (unpaired) electrons. The third-order valence-corrected chi connectivity index (χ3v) is 5.60. The molecule has 0 unspecified atom stereocenters. The van der Waals surface area contributed by atoms with Crippen LogP contribution < -0.4 is 10.1 Å². The number of nitrogens with one attached hydrogen (secondary N) is 1. The quantitative estimate of drug-likeness (QED) is 0.585. The fourth-order valence-corrected chi connectivity index (χ4v) is 3.74. The SMILES string of the molecule is CCN1CCC(N(Cc2ccc(F)cn2)C(=O)NCc2ccc(OCC(F)(F)F)cc2)CC1. The van der Waals surface area contributed by atoms with Gasteiger partial charge >= 0.3 is 12.2 Å². The number of hydrogen-bond acceptors (Lipinski definition) is 4. The van der Waals surface area contributed by atoms with Gasteiger partial charge in [-0.2, -0.15) is 13.2 Å². The second-order valence-electron chi connectivity index (χ2n) is 7.97. The summed E-state index contributed by atoms with van der Waals surface area (Å²) in [6.45, 7) is 3.95. The van der Waals surface area contributed by atoms with Gasteiger partial charge in [0, 0.05) is 25.7 Å². The molecule has 3 rings (SSSR count). The number of aromatic nitrogens is 1. The number of hydrogen-bond donors (Lipinski definition) is 1. The number of urea groups is 1. The number of pyridine rings is 1. The number of ether oxygens (including phenoxy) is 1. The van der Waals surface area contributed by atoms with Crippen molar-refractivity contribution < 1.29 is 27.1 Å². The lowest BCUT2D eigenvalue weighted by atomic mass is 10.0. The highest BCUT2D eigenvalue weighted by Crippen LogP contribution is 2.20. The molecule has 0 aliphatic carbocycles. The Morgan fingerprint density at radius 2 is 1.88 bits per heavy atom. The van der Waals surface area contributed by atoms with Gasteiger partial charge in [0.2, 0.25) is 0 Å². The second-order valence-corrected chi connectivity index (χ2v) is 7.97. The number of benzene rings is 1. The largest absolute Gasteiger partial charge is 0.484 e. The van der Waals surface area contributed by atoms with Crippen LogP contribution in [-0.2, 0) is 13.1 Å². The van der Waals surface area contributed by atoms with E-state index in [1.165, 1.54) is 18.2 Å². The predicted molar refractivity (Wildman–Crippen MR) is 115 cm³/mol. The summed E-state index contributed by atoms with van der Waals surface area (Å²) in [5, 5.41) is 2.88. The van der Waals surface area contributed by atoms with E-state index >= 15 is 0 Å². The van der Waals surface area contributed by atoms with Crippen LogP contribution in [0.4, 0.5) is 22.4 Å². The molecule has 1 aliphatic rings. The first-order chi connectivity index (χ1) is 15.7. The molecule has 10 heteroatoms. The van der Waals surface area contributed by atoms with Crippen LogP contribution in [0, 0.1) is 5.82 Å². The Kier molecular flexibility index (Phi) is 8.49. The Balaban J connectivity index is 1.61. The van der Waals surface area contributed by atoms with Crippen molar-refractivity contribution in [3.63, 3.8) is 0 Å². The van der Waals surface area contributed by atoms with E-state index in [4.69, 9.17) is 4.74 Å². The van der Waals surface area contributed by atoms with Gasteiger partial charge in [0.15, 0.2) is 6.61 Å². The summed E-state index contributed by atoms with van der Waals surface area (Å²) < 4.78 is 54.8. The van der Waals surface area contributed by atoms with Gasteiger partial charge < -0.3 is 19.9 Å². The normalized spacial score (nSPS) is 15.3. The number of alkyl halides is 3. The average molecular weight is 468 g/mol. The topological polar surface area (TPSA) is 57.7 Å². The summed E-state index contributed by atoms with van der Waals surface area (Å²) in [5.41, 5.74) is 1.32. The lowest BCUT2D eigenvalue weighted by molar-refractivity contribution is -0.153. The summed E-state index contributed by atoms with van der Waals surface area (Å²) in [6, 6.07) is 8.74. The minimum atomic E-state index is -4.40. The van der Waals surface area contributed by atoms with Gasteiger partial charge in [0.1, 0.15) is 11.6 Å². The van der Waals surface area contributed by atoms with Gasteiger partial charge in [-0.25, -0.2) is 9.18 Å². The first kappa shape index (κ1) is 24.8. The first-order valence-corrected chi connectivity index (χ1v) is 10.9. The molecule has 0 saturated carbocycles. The van der Waals surface area contributed by atoms with Gasteiger partial charge in [-0.1, -0.05) is 19.1 Å². The van der Waals surface area contributed by atoms with Crippen LogP contribution in [0.5, 0.6) is 5.75 Å². The third-order valence-electron chi connectivity index (χ3n) is 5.60. The minimum absolute atomic E-state index is 0.0257. The van der Waals surface area contributed by atoms with E-state index in [1.807, 2.05) is 0 Å². The minimum Gasteiger partial charge on any atom is -0.484 e. The number of rotatable bonds is 8. The Labute approximate surface area is 190 Å². The molecule has 1 aliphatic heterocycles. The number of halogens is 4. The van der Waals surface area contributed by atoms with Crippen molar-refractivity contribution in [2.24, 2.45) is 0 Å². The Morgan fingerprint density at radius 1 is 1.18 bits per heavy atom. The van der Waals surface area contributed by atoms with Crippen LogP contribution in [0.1, 0.15) is 31.0 Å². The molecule has 2 aromatic rings. The van der Waals surface area contributed by atoms with E-state index in [1.54, 1.807) is 23.1 Å². The number of piperidine rings is 1. The first-order valence-electron chi connectivity index (χ1n) is 10.9. The maximum absolute atomic E-state index is 13.2. The van der Waals surface area contributed by atoms with Crippen molar-refractivity contribution in [3.05, 3.63) is 59.7 Å². The summed E-state index contributed by atoms with van der Waals surface area (Å²) in [7, 11) is 0. The van der Waals surface area contributed by atoms with E-state index in [0.717, 1.165) is 44.2 Å². The molecule has 1 N–H and O–H groups in total. The molecule has 1 aromatic heterocycles. The molecule has 2 heterocycles. The predicted octanol–water partition coefficient (Wildman–Crippen LogP) is 4.36. The van der Waals surface area contributed by atoms with Crippen LogP contribution in [0.3, 0.4) is 0 Å². The Hall–Kier alpha value is -2.88. The second kappa shape index (κ2) is 11.3. The highest BCUT2D eigenvalue weighted by Gasteiger charge is 2.29. The van der Waals surface area contributed by atoms with Gasteiger partial charge in [-0.15, -0.1) is 0 Å². The molecular weight excluding hydrogens is 440 g/mol. The lowest BCUT2D eigenvalue weighted by Gasteiger charge is -2.38. The van der Waals surface area contributed by atoms with Crippen LogP contribution in [0.2, 0.25) is 0 Å². The fraction of sp³-hybridized carbons (Fsp3) is 0.478. The molecule has 1 saturated heterocycles. The zero-order chi connectivity index (χ0) is 23.8. The molecule has 33 heavy (non-hydrogen) atoms. The van der Waals surface area contributed by atoms with E-state index < -0.39 is 18.6 Å². The van der Waals surface area contributed by atoms with Crippen LogP contribution in [0.25, 0.3) is 0 Å². The zero-order valence-corrected chi connectivity index (χ0v) is 18.4. The number of likely N-dealkylation sites (tertiary alicyclic amines) is 1. The van der Waals surface area contributed by atoms with Crippen molar-refractivity contribution in [1.82, 2.24) is 20.1 Å². The maximum Gasteiger partial charge on any atom is 0.422 e. The van der Waals surface area contributed by atoms with Crippen molar-refractivity contribution in [2.45, 2.75) is 45.1 Å². The lowest BCUT2D eigenvalue weighted by Crippen LogP contribution is -2.50. The van der Waals surface area contributed by atoms with E-state index in [0.29, 0.717) is 5.69 Å². The van der Waals surface area contributed by atoms with Gasteiger partial charge in [-0.3, -0.25) is 4.98 Å². The molecule has 6 nitrogen and oxygen atoms in total. The molecule has 180 valence electrons. The monoisotopic (exact) mass is 468 g/mol. The molecule has 1 fully saturated rings. The number of carbonyl (C=O) groups is 1. The Morgan fingerprint density at radius 3 is 2.45 bits per heavy atom. The summed E-state index contributed by atoms with van der Waals surface area (Å²) in [4.78, 5) is 21.2. The van der Waals surface area contributed by atoms with Crippen molar-refractivity contribution in [2.75, 3.05) is 26.2 Å². The van der Waals surface area contributed by atoms with Crippen molar-refractivity contribution in [1.29, 1.82) is 0 Å². The third kappa shape index (κ3) is 7.88.